The van der Waals surface area contributed by atoms with Gasteiger partial charge in [-0.05, 0) is 6.92 Å². The third kappa shape index (κ3) is 3.08. The Morgan fingerprint density at radius 2 is 2.06 bits per heavy atom. The Morgan fingerprint density at radius 3 is 2.76 bits per heavy atom. The number of ether oxygens (including phenoxy) is 1. The maximum absolute atomic E-state index is 11.2. The van der Waals surface area contributed by atoms with E-state index in [2.05, 4.69) is 4.90 Å². The van der Waals surface area contributed by atoms with Crippen molar-refractivity contribution in [3.63, 3.8) is 0 Å². The van der Waals surface area contributed by atoms with Crippen LogP contribution in [-0.2, 0) is 11.3 Å². The predicted molar refractivity (Wildman–Crippen MR) is 64.4 cm³/mol. The quantitative estimate of drug-likeness (QED) is 0.817. The smallest absolute Gasteiger partial charge is 0.223 e. The normalized spacial score (nSPS) is 17.2. The first-order chi connectivity index (χ1) is 8.16. The molecule has 0 spiro atoms. The summed E-state index contributed by atoms with van der Waals surface area (Å²) in [5.41, 5.74) is 0.561. The summed E-state index contributed by atoms with van der Waals surface area (Å²) in [5.74, 6) is -0.183. The molecule has 1 saturated heterocycles. The first-order valence-corrected chi connectivity index (χ1v) is 5.87. The summed E-state index contributed by atoms with van der Waals surface area (Å²) in [7, 11) is 0. The number of aromatic hydroxyl groups is 1. The van der Waals surface area contributed by atoms with Crippen LogP contribution in [0, 0.1) is 6.92 Å². The molecule has 1 aromatic rings. The molecule has 1 fully saturated rings. The number of pyridine rings is 1. The molecule has 0 amide bonds. The van der Waals surface area contributed by atoms with E-state index in [1.165, 1.54) is 12.3 Å². The highest BCUT2D eigenvalue weighted by atomic mass is 16.5. The molecule has 2 rings (SSSR count). The van der Waals surface area contributed by atoms with Gasteiger partial charge >= 0.3 is 0 Å². The summed E-state index contributed by atoms with van der Waals surface area (Å²) in [4.78, 5) is 13.5. The van der Waals surface area contributed by atoms with E-state index in [0.29, 0.717) is 0 Å². The Bertz CT molecular complexity index is 436. The molecule has 0 unspecified atom stereocenters. The van der Waals surface area contributed by atoms with E-state index in [-0.39, 0.29) is 11.2 Å². The first-order valence-electron chi connectivity index (χ1n) is 5.87. The third-order valence-corrected chi connectivity index (χ3v) is 3.08. The van der Waals surface area contributed by atoms with E-state index in [9.17, 15) is 9.90 Å². The van der Waals surface area contributed by atoms with E-state index in [1.54, 1.807) is 0 Å². The zero-order valence-corrected chi connectivity index (χ0v) is 10.1. The van der Waals surface area contributed by atoms with Crippen molar-refractivity contribution < 1.29 is 9.84 Å². The van der Waals surface area contributed by atoms with E-state index < -0.39 is 0 Å². The Balaban J connectivity index is 1.98. The highest BCUT2D eigenvalue weighted by molar-refractivity contribution is 5.19. The summed E-state index contributed by atoms with van der Waals surface area (Å²) in [6.45, 7) is 7.03. The number of hydrogen-bond donors (Lipinski definition) is 1. The molecule has 1 N–H and O–H groups in total. The van der Waals surface area contributed by atoms with Crippen molar-refractivity contribution in [2.24, 2.45) is 0 Å². The number of rotatable bonds is 3. The van der Waals surface area contributed by atoms with Crippen LogP contribution < -0.4 is 5.43 Å². The molecule has 5 heteroatoms. The van der Waals surface area contributed by atoms with Gasteiger partial charge < -0.3 is 14.4 Å². The lowest BCUT2D eigenvalue weighted by Gasteiger charge is -2.27. The van der Waals surface area contributed by atoms with Crippen molar-refractivity contribution in [2.45, 2.75) is 13.5 Å². The molecule has 0 saturated carbocycles. The fraction of sp³-hybridized carbons (Fsp3) is 0.583. The molecule has 5 nitrogen and oxygen atoms in total. The van der Waals surface area contributed by atoms with Crippen LogP contribution in [-0.4, -0.2) is 47.4 Å². The van der Waals surface area contributed by atoms with Crippen LogP contribution in [0.25, 0.3) is 0 Å². The molecular formula is C12H18N2O3. The van der Waals surface area contributed by atoms with E-state index in [4.69, 9.17) is 4.74 Å². The Morgan fingerprint density at radius 1 is 1.35 bits per heavy atom. The molecule has 2 heterocycles. The number of hydrogen-bond acceptors (Lipinski definition) is 4. The molecule has 0 bridgehead atoms. The second-order valence-corrected chi connectivity index (χ2v) is 4.31. The van der Waals surface area contributed by atoms with Crippen LogP contribution in [0.2, 0.25) is 0 Å². The fourth-order valence-electron chi connectivity index (χ4n) is 1.97. The number of aromatic nitrogens is 1. The molecule has 1 aromatic heterocycles. The van der Waals surface area contributed by atoms with Gasteiger partial charge in [0.25, 0.3) is 0 Å². The summed E-state index contributed by atoms with van der Waals surface area (Å²) in [5, 5.41) is 9.39. The Hall–Kier alpha value is -1.33. The van der Waals surface area contributed by atoms with Crippen molar-refractivity contribution in [3.05, 3.63) is 28.2 Å². The van der Waals surface area contributed by atoms with Crippen LogP contribution in [0.1, 0.15) is 5.69 Å². The van der Waals surface area contributed by atoms with Crippen molar-refractivity contribution in [1.29, 1.82) is 0 Å². The molecule has 0 aliphatic carbocycles. The van der Waals surface area contributed by atoms with Gasteiger partial charge in [0.15, 0.2) is 5.75 Å². The van der Waals surface area contributed by atoms with Gasteiger partial charge in [-0.3, -0.25) is 9.69 Å². The molecule has 0 atom stereocenters. The summed E-state index contributed by atoms with van der Waals surface area (Å²) in [6.07, 6.45) is 1.51. The molecule has 0 radical (unpaired) electrons. The van der Waals surface area contributed by atoms with Gasteiger partial charge in [-0.25, -0.2) is 0 Å². The van der Waals surface area contributed by atoms with E-state index in [1.807, 2.05) is 11.5 Å². The van der Waals surface area contributed by atoms with Crippen molar-refractivity contribution in [2.75, 3.05) is 32.8 Å². The second-order valence-electron chi connectivity index (χ2n) is 4.31. The third-order valence-electron chi connectivity index (χ3n) is 3.08. The summed E-state index contributed by atoms with van der Waals surface area (Å²) >= 11 is 0. The molecule has 1 aliphatic rings. The summed E-state index contributed by atoms with van der Waals surface area (Å²) in [6, 6.07) is 1.47. The van der Waals surface area contributed by atoms with Crippen LogP contribution in [0.4, 0.5) is 0 Å². The minimum absolute atomic E-state index is 0.183. The molecule has 1 aliphatic heterocycles. The largest absolute Gasteiger partial charge is 0.503 e. The lowest BCUT2D eigenvalue weighted by molar-refractivity contribution is 0.0363. The maximum Gasteiger partial charge on any atom is 0.223 e. The molecule has 94 valence electrons. The summed E-state index contributed by atoms with van der Waals surface area (Å²) < 4.78 is 7.19. The molecular weight excluding hydrogens is 220 g/mol. The van der Waals surface area contributed by atoms with Crippen LogP contribution in [0.3, 0.4) is 0 Å². The number of aryl methyl sites for hydroxylation is 1. The second kappa shape index (κ2) is 5.33. The number of nitrogens with zero attached hydrogens (tertiary/aromatic N) is 2. The fourth-order valence-corrected chi connectivity index (χ4v) is 1.97. The van der Waals surface area contributed by atoms with Crippen LogP contribution >= 0.6 is 0 Å². The number of morpholine rings is 1. The maximum atomic E-state index is 11.2. The average molecular weight is 238 g/mol. The van der Waals surface area contributed by atoms with Crippen molar-refractivity contribution in [3.8, 4) is 5.75 Å². The lowest BCUT2D eigenvalue weighted by atomic mass is 10.3. The van der Waals surface area contributed by atoms with Gasteiger partial charge in [-0.15, -0.1) is 0 Å². The minimum Gasteiger partial charge on any atom is -0.503 e. The van der Waals surface area contributed by atoms with Gasteiger partial charge in [0, 0.05) is 37.9 Å². The standard InChI is InChI=1S/C12H18N2O3/c1-10-8-11(15)12(16)9-14(10)3-2-13-4-6-17-7-5-13/h8-9,16H,2-7H2,1H3. The zero-order valence-electron chi connectivity index (χ0n) is 10.1. The van der Waals surface area contributed by atoms with Gasteiger partial charge in [-0.1, -0.05) is 0 Å². The Labute approximate surface area is 100 Å². The zero-order chi connectivity index (χ0) is 12.3. The van der Waals surface area contributed by atoms with Crippen molar-refractivity contribution in [1.82, 2.24) is 9.47 Å². The monoisotopic (exact) mass is 238 g/mol. The van der Waals surface area contributed by atoms with Gasteiger partial charge in [0.05, 0.1) is 19.4 Å². The average Bonchev–Trinajstić information content (AvgIpc) is 2.33. The van der Waals surface area contributed by atoms with Gasteiger partial charge in [0.2, 0.25) is 5.43 Å². The minimum atomic E-state index is -0.315. The molecule has 17 heavy (non-hydrogen) atoms. The van der Waals surface area contributed by atoms with E-state index >= 15 is 0 Å². The lowest BCUT2D eigenvalue weighted by Crippen LogP contribution is -2.38. The highest BCUT2D eigenvalue weighted by Gasteiger charge is 2.10. The van der Waals surface area contributed by atoms with E-state index in [0.717, 1.165) is 45.1 Å². The van der Waals surface area contributed by atoms with Crippen LogP contribution in [0.15, 0.2) is 17.1 Å². The SMILES string of the molecule is Cc1cc(=O)c(O)cn1CCN1CCOCC1. The molecule has 0 aromatic carbocycles. The van der Waals surface area contributed by atoms with Crippen LogP contribution in [0.5, 0.6) is 5.75 Å². The van der Waals surface area contributed by atoms with Gasteiger partial charge in [0.1, 0.15) is 0 Å². The highest BCUT2D eigenvalue weighted by Crippen LogP contribution is 2.05. The first kappa shape index (κ1) is 12.1. The predicted octanol–water partition coefficient (Wildman–Crippen LogP) is 0.195. The Kier molecular flexibility index (Phi) is 3.81. The van der Waals surface area contributed by atoms with Gasteiger partial charge in [-0.2, -0.15) is 0 Å². The van der Waals surface area contributed by atoms with Crippen molar-refractivity contribution >= 4 is 0 Å². The topological polar surface area (TPSA) is 54.7 Å².